The molecule has 2 aromatic heterocycles. The molecule has 0 radical (unpaired) electrons. The first-order valence-corrected chi connectivity index (χ1v) is 12.0. The fourth-order valence-electron chi connectivity index (χ4n) is 5.14. The van der Waals surface area contributed by atoms with Crippen LogP contribution in [0.15, 0.2) is 59.4 Å². The Kier molecular flexibility index (Phi) is 5.20. The van der Waals surface area contributed by atoms with E-state index >= 15 is 0 Å². The molecular formula is C26H25FN6O2. The summed E-state index contributed by atoms with van der Waals surface area (Å²) in [5.41, 5.74) is 1.29. The van der Waals surface area contributed by atoms with E-state index in [1.165, 1.54) is 10.7 Å². The number of nitrogens with zero attached hydrogens (tertiary/aromatic N) is 5. The Labute approximate surface area is 200 Å². The number of aromatic nitrogens is 5. The van der Waals surface area contributed by atoms with Gasteiger partial charge in [0.1, 0.15) is 11.6 Å². The van der Waals surface area contributed by atoms with Gasteiger partial charge in [-0.3, -0.25) is 9.59 Å². The third-order valence-corrected chi connectivity index (χ3v) is 7.32. The molecule has 0 bridgehead atoms. The van der Waals surface area contributed by atoms with Crippen LogP contribution in [0.25, 0.3) is 11.2 Å². The van der Waals surface area contributed by atoms with E-state index in [1.807, 2.05) is 35.2 Å². The maximum absolute atomic E-state index is 14.1. The predicted molar refractivity (Wildman–Crippen MR) is 127 cm³/mol. The Bertz CT molecular complexity index is 1450. The molecule has 1 aliphatic carbocycles. The van der Waals surface area contributed by atoms with Gasteiger partial charge in [-0.05, 0) is 37.3 Å². The smallest absolute Gasteiger partial charge is 0.281 e. The van der Waals surface area contributed by atoms with Crippen LogP contribution in [0.1, 0.15) is 48.6 Å². The van der Waals surface area contributed by atoms with Crippen molar-refractivity contribution in [1.82, 2.24) is 29.9 Å². The summed E-state index contributed by atoms with van der Waals surface area (Å²) in [5, 5.41) is 8.00. The van der Waals surface area contributed by atoms with Crippen LogP contribution in [-0.4, -0.2) is 48.9 Å². The molecule has 1 N–H and O–H groups in total. The van der Waals surface area contributed by atoms with Crippen molar-refractivity contribution >= 4 is 17.1 Å². The summed E-state index contributed by atoms with van der Waals surface area (Å²) < 4.78 is 15.6. The highest BCUT2D eigenvalue weighted by molar-refractivity contribution is 5.91. The highest BCUT2D eigenvalue weighted by atomic mass is 19.1. The van der Waals surface area contributed by atoms with Crippen LogP contribution >= 0.6 is 0 Å². The van der Waals surface area contributed by atoms with Gasteiger partial charge in [-0.25, -0.2) is 14.1 Å². The number of piperidine rings is 1. The molecule has 0 unspecified atom stereocenters. The highest BCUT2D eigenvalue weighted by Gasteiger charge is 2.53. The molecule has 6 rings (SSSR count). The lowest BCUT2D eigenvalue weighted by molar-refractivity contribution is -0.135. The summed E-state index contributed by atoms with van der Waals surface area (Å²) in [6.07, 6.45) is 3.19. The van der Waals surface area contributed by atoms with Crippen LogP contribution in [-0.2, 0) is 16.8 Å². The quantitative estimate of drug-likeness (QED) is 0.481. The molecule has 2 fully saturated rings. The average Bonchev–Trinajstić information content (AvgIpc) is 3.61. The van der Waals surface area contributed by atoms with Gasteiger partial charge in [0.15, 0.2) is 11.2 Å². The molecule has 1 saturated heterocycles. The van der Waals surface area contributed by atoms with Gasteiger partial charge < -0.3 is 9.88 Å². The monoisotopic (exact) mass is 472 g/mol. The first-order chi connectivity index (χ1) is 17.0. The van der Waals surface area contributed by atoms with E-state index in [0.717, 1.165) is 18.4 Å². The zero-order valence-electron chi connectivity index (χ0n) is 19.2. The minimum atomic E-state index is -0.371. The van der Waals surface area contributed by atoms with Crippen LogP contribution < -0.4 is 5.56 Å². The number of halogens is 1. The maximum Gasteiger partial charge on any atom is 0.281 e. The molecule has 2 aromatic carbocycles. The van der Waals surface area contributed by atoms with Crippen molar-refractivity contribution < 1.29 is 9.18 Å². The second-order valence-corrected chi connectivity index (χ2v) is 9.48. The summed E-state index contributed by atoms with van der Waals surface area (Å²) >= 11 is 0. The lowest BCUT2D eigenvalue weighted by Crippen LogP contribution is -2.44. The summed E-state index contributed by atoms with van der Waals surface area (Å²) in [4.78, 5) is 35.6. The number of likely N-dealkylation sites (tertiary alicyclic amines) is 1. The summed E-state index contributed by atoms with van der Waals surface area (Å²) in [6.45, 7) is 1.37. The molecule has 1 saturated carbocycles. The molecule has 178 valence electrons. The van der Waals surface area contributed by atoms with Crippen molar-refractivity contribution in [3.05, 3.63) is 87.7 Å². The topological polar surface area (TPSA) is 96.8 Å². The number of benzene rings is 2. The molecule has 2 aliphatic rings. The lowest BCUT2D eigenvalue weighted by atomic mass is 9.91. The summed E-state index contributed by atoms with van der Waals surface area (Å²) in [5.74, 6) is 0.434. The van der Waals surface area contributed by atoms with Gasteiger partial charge >= 0.3 is 0 Å². The second kappa shape index (κ2) is 8.41. The number of carbonyl (C=O) groups is 1. The van der Waals surface area contributed by atoms with E-state index < -0.39 is 0 Å². The van der Waals surface area contributed by atoms with Crippen molar-refractivity contribution in [1.29, 1.82) is 0 Å². The predicted octanol–water partition coefficient (Wildman–Crippen LogP) is 3.14. The van der Waals surface area contributed by atoms with E-state index in [1.54, 1.807) is 18.2 Å². The Morgan fingerprint density at radius 2 is 1.77 bits per heavy atom. The minimum Gasteiger partial charge on any atom is -0.342 e. The number of fused-ring (bicyclic) bond motifs is 1. The normalized spacial score (nSPS) is 17.6. The molecule has 4 aromatic rings. The van der Waals surface area contributed by atoms with Gasteiger partial charge in [-0.1, -0.05) is 53.7 Å². The number of aromatic amines is 1. The van der Waals surface area contributed by atoms with Gasteiger partial charge in [-0.2, -0.15) is 0 Å². The van der Waals surface area contributed by atoms with E-state index in [4.69, 9.17) is 0 Å². The van der Waals surface area contributed by atoms with Gasteiger partial charge in [0.2, 0.25) is 5.91 Å². The SMILES string of the molecule is O=C(N1CCC(c2nc3c(nnn3Cc3ccccc3F)c(=O)[nH]2)CC1)C1(c2ccccc2)CC1. The average molecular weight is 473 g/mol. The van der Waals surface area contributed by atoms with Gasteiger partial charge in [0.05, 0.1) is 12.0 Å². The zero-order chi connectivity index (χ0) is 24.0. The van der Waals surface area contributed by atoms with Crippen LogP contribution in [0.5, 0.6) is 0 Å². The molecule has 35 heavy (non-hydrogen) atoms. The Morgan fingerprint density at radius 3 is 2.49 bits per heavy atom. The third kappa shape index (κ3) is 3.80. The maximum atomic E-state index is 14.1. The molecule has 1 amide bonds. The van der Waals surface area contributed by atoms with Crippen molar-refractivity contribution in [2.24, 2.45) is 0 Å². The standard InChI is InChI=1S/C26H25FN6O2/c27-20-9-5-4-6-18(20)16-33-23-21(30-31-33)24(34)29-22(28-23)17-10-14-32(15-11-17)25(35)26(12-13-26)19-7-2-1-3-8-19/h1-9,17H,10-16H2,(H,28,29,34). The van der Waals surface area contributed by atoms with Gasteiger partial charge in [-0.15, -0.1) is 5.10 Å². The fourth-order valence-corrected chi connectivity index (χ4v) is 5.14. The molecule has 0 atom stereocenters. The van der Waals surface area contributed by atoms with E-state index in [9.17, 15) is 14.0 Å². The van der Waals surface area contributed by atoms with Crippen LogP contribution in [0.3, 0.4) is 0 Å². The minimum absolute atomic E-state index is 0.0137. The number of H-pyrrole nitrogens is 1. The van der Waals surface area contributed by atoms with Crippen molar-refractivity contribution in [2.45, 2.75) is 43.6 Å². The largest absolute Gasteiger partial charge is 0.342 e. The number of amides is 1. The van der Waals surface area contributed by atoms with E-state index in [2.05, 4.69) is 20.3 Å². The van der Waals surface area contributed by atoms with Gasteiger partial charge in [0, 0.05) is 24.6 Å². The molecule has 8 nitrogen and oxygen atoms in total. The summed E-state index contributed by atoms with van der Waals surface area (Å²) in [6, 6.07) is 16.5. The Morgan fingerprint density at radius 1 is 1.06 bits per heavy atom. The van der Waals surface area contributed by atoms with E-state index in [0.29, 0.717) is 43.0 Å². The molecule has 1 aliphatic heterocycles. The lowest BCUT2D eigenvalue weighted by Gasteiger charge is -2.34. The van der Waals surface area contributed by atoms with Crippen LogP contribution in [0, 0.1) is 5.82 Å². The third-order valence-electron chi connectivity index (χ3n) is 7.32. The van der Waals surface area contributed by atoms with Crippen molar-refractivity contribution in [3.63, 3.8) is 0 Å². The second-order valence-electron chi connectivity index (χ2n) is 9.48. The first-order valence-electron chi connectivity index (χ1n) is 12.0. The van der Waals surface area contributed by atoms with Crippen LogP contribution in [0.2, 0.25) is 0 Å². The van der Waals surface area contributed by atoms with Crippen molar-refractivity contribution in [2.75, 3.05) is 13.1 Å². The Balaban J connectivity index is 1.20. The van der Waals surface area contributed by atoms with Gasteiger partial charge in [0.25, 0.3) is 5.56 Å². The number of nitrogens with one attached hydrogen (secondary N) is 1. The number of rotatable bonds is 5. The Hall–Kier alpha value is -3.88. The fraction of sp³-hybridized carbons (Fsp3) is 0.346. The molecule has 9 heteroatoms. The molecule has 3 heterocycles. The summed E-state index contributed by atoms with van der Waals surface area (Å²) in [7, 11) is 0. The van der Waals surface area contributed by atoms with Crippen LogP contribution in [0.4, 0.5) is 4.39 Å². The van der Waals surface area contributed by atoms with E-state index in [-0.39, 0.29) is 40.7 Å². The zero-order valence-corrected chi connectivity index (χ0v) is 19.2. The number of carbonyl (C=O) groups excluding carboxylic acids is 1. The van der Waals surface area contributed by atoms with Crippen molar-refractivity contribution in [3.8, 4) is 0 Å². The molecule has 0 spiro atoms. The number of hydrogen-bond donors (Lipinski definition) is 1. The highest BCUT2D eigenvalue weighted by Crippen LogP contribution is 2.50. The number of hydrogen-bond acceptors (Lipinski definition) is 5. The molecular weight excluding hydrogens is 447 g/mol. The first kappa shape index (κ1) is 21.6.